The molecule has 4 heteroatoms. The molecular weight excluding hydrogens is 360 g/mol. The molecule has 148 valence electrons. The van der Waals surface area contributed by atoms with Crippen LogP contribution in [-0.2, 0) is 0 Å². The van der Waals surface area contributed by atoms with Crippen molar-refractivity contribution < 1.29 is 9.53 Å². The lowest BCUT2D eigenvalue weighted by Gasteiger charge is -2.32. The van der Waals surface area contributed by atoms with E-state index in [0.29, 0.717) is 18.1 Å². The molecule has 1 fully saturated rings. The highest BCUT2D eigenvalue weighted by Gasteiger charge is 2.25. The zero-order chi connectivity index (χ0) is 20.1. The Morgan fingerprint density at radius 3 is 2.28 bits per heavy atom. The van der Waals surface area contributed by atoms with Crippen molar-refractivity contribution in [1.82, 2.24) is 9.88 Å². The Morgan fingerprint density at radius 2 is 1.62 bits per heavy atom. The number of likely N-dealkylation sites (tertiary alicyclic amines) is 1. The minimum atomic E-state index is 0.0806. The summed E-state index contributed by atoms with van der Waals surface area (Å²) in [7, 11) is 0. The van der Waals surface area contributed by atoms with E-state index in [4.69, 9.17) is 4.74 Å². The lowest BCUT2D eigenvalue weighted by Crippen LogP contribution is -2.40. The van der Waals surface area contributed by atoms with Crippen LogP contribution >= 0.6 is 0 Å². The molecule has 2 aromatic carbocycles. The molecule has 0 bridgehead atoms. The summed E-state index contributed by atoms with van der Waals surface area (Å²) >= 11 is 0. The van der Waals surface area contributed by atoms with Gasteiger partial charge in [0.05, 0.1) is 23.6 Å². The van der Waals surface area contributed by atoms with Gasteiger partial charge in [-0.15, -0.1) is 0 Å². The summed E-state index contributed by atoms with van der Waals surface area (Å²) < 4.78 is 5.89. The van der Waals surface area contributed by atoms with Gasteiger partial charge in [0, 0.05) is 18.7 Å². The second kappa shape index (κ2) is 8.91. The standard InChI is InChI=1S/C25H26N2O2/c1-19-23(12-13-24(26-19)21-8-4-2-5-9-21)25(28)27-16-14-20(15-17-27)18-29-22-10-6-3-7-11-22/h2-13,20H,14-18H2,1H3. The van der Waals surface area contributed by atoms with Crippen molar-refractivity contribution in [3.63, 3.8) is 0 Å². The molecule has 2 heterocycles. The number of piperidine rings is 1. The maximum atomic E-state index is 13.0. The van der Waals surface area contributed by atoms with E-state index in [9.17, 15) is 4.79 Å². The number of ether oxygens (including phenoxy) is 1. The first kappa shape index (κ1) is 19.2. The van der Waals surface area contributed by atoms with Gasteiger partial charge in [0.25, 0.3) is 5.91 Å². The van der Waals surface area contributed by atoms with Gasteiger partial charge in [0.1, 0.15) is 5.75 Å². The van der Waals surface area contributed by atoms with Crippen LogP contribution in [0.25, 0.3) is 11.3 Å². The van der Waals surface area contributed by atoms with Crippen LogP contribution in [0.5, 0.6) is 5.75 Å². The topological polar surface area (TPSA) is 42.4 Å². The molecule has 3 aromatic rings. The predicted molar refractivity (Wildman–Crippen MR) is 115 cm³/mol. The van der Waals surface area contributed by atoms with Crippen molar-refractivity contribution in [3.05, 3.63) is 84.1 Å². The van der Waals surface area contributed by atoms with E-state index in [1.54, 1.807) is 0 Å². The van der Waals surface area contributed by atoms with Gasteiger partial charge in [0.15, 0.2) is 0 Å². The van der Waals surface area contributed by atoms with Gasteiger partial charge in [-0.25, -0.2) is 0 Å². The first-order valence-corrected chi connectivity index (χ1v) is 10.2. The van der Waals surface area contributed by atoms with Gasteiger partial charge in [-0.3, -0.25) is 9.78 Å². The van der Waals surface area contributed by atoms with E-state index in [1.165, 1.54) is 0 Å². The van der Waals surface area contributed by atoms with Crippen LogP contribution in [0.3, 0.4) is 0 Å². The fourth-order valence-corrected chi connectivity index (χ4v) is 3.76. The van der Waals surface area contributed by atoms with Crippen molar-refractivity contribution >= 4 is 5.91 Å². The Bertz CT molecular complexity index is 949. The highest BCUT2D eigenvalue weighted by molar-refractivity contribution is 5.95. The molecule has 0 saturated carbocycles. The number of carbonyl (C=O) groups excluding carboxylic acids is 1. The maximum absolute atomic E-state index is 13.0. The molecule has 0 N–H and O–H groups in total. The Balaban J connectivity index is 1.34. The summed E-state index contributed by atoms with van der Waals surface area (Å²) in [6, 6.07) is 23.8. The highest BCUT2D eigenvalue weighted by Crippen LogP contribution is 2.23. The van der Waals surface area contributed by atoms with Crippen molar-refractivity contribution in [2.45, 2.75) is 19.8 Å². The number of aryl methyl sites for hydroxylation is 1. The zero-order valence-electron chi connectivity index (χ0n) is 16.8. The molecule has 29 heavy (non-hydrogen) atoms. The fourth-order valence-electron chi connectivity index (χ4n) is 3.76. The van der Waals surface area contributed by atoms with Crippen molar-refractivity contribution in [3.8, 4) is 17.0 Å². The molecule has 4 nitrogen and oxygen atoms in total. The molecule has 1 aromatic heterocycles. The Hall–Kier alpha value is -3.14. The number of aromatic nitrogens is 1. The number of pyridine rings is 1. The summed E-state index contributed by atoms with van der Waals surface area (Å²) in [5.74, 6) is 1.47. The molecule has 0 aliphatic carbocycles. The summed E-state index contributed by atoms with van der Waals surface area (Å²) in [5, 5.41) is 0. The number of benzene rings is 2. The van der Waals surface area contributed by atoms with Crippen molar-refractivity contribution in [1.29, 1.82) is 0 Å². The largest absolute Gasteiger partial charge is 0.493 e. The lowest BCUT2D eigenvalue weighted by molar-refractivity contribution is 0.0660. The normalized spacial score (nSPS) is 14.6. The number of para-hydroxylation sites is 1. The third-order valence-electron chi connectivity index (χ3n) is 5.52. The molecule has 1 amide bonds. The molecule has 0 radical (unpaired) electrons. The fraction of sp³-hybridized carbons (Fsp3) is 0.280. The quantitative estimate of drug-likeness (QED) is 0.620. The van der Waals surface area contributed by atoms with Crippen molar-refractivity contribution in [2.75, 3.05) is 19.7 Å². The molecule has 0 spiro atoms. The third kappa shape index (κ3) is 4.65. The van der Waals surface area contributed by atoms with Crippen LogP contribution in [0, 0.1) is 12.8 Å². The van der Waals surface area contributed by atoms with Gasteiger partial charge < -0.3 is 9.64 Å². The zero-order valence-corrected chi connectivity index (χ0v) is 16.8. The van der Waals surface area contributed by atoms with E-state index in [0.717, 1.165) is 48.6 Å². The van der Waals surface area contributed by atoms with Gasteiger partial charge in [-0.1, -0.05) is 48.5 Å². The molecule has 4 rings (SSSR count). The minimum absolute atomic E-state index is 0.0806. The minimum Gasteiger partial charge on any atom is -0.493 e. The molecule has 0 atom stereocenters. The summed E-state index contributed by atoms with van der Waals surface area (Å²) in [5.41, 5.74) is 3.44. The van der Waals surface area contributed by atoms with E-state index in [-0.39, 0.29) is 5.91 Å². The van der Waals surface area contributed by atoms with Crippen LogP contribution in [-0.4, -0.2) is 35.5 Å². The average Bonchev–Trinajstić information content (AvgIpc) is 2.79. The Kier molecular flexibility index (Phi) is 5.89. The highest BCUT2D eigenvalue weighted by atomic mass is 16.5. The van der Waals surface area contributed by atoms with Crippen molar-refractivity contribution in [2.24, 2.45) is 5.92 Å². The summed E-state index contributed by atoms with van der Waals surface area (Å²) in [4.78, 5) is 19.6. The second-order valence-corrected chi connectivity index (χ2v) is 7.56. The Labute approximate surface area is 172 Å². The lowest BCUT2D eigenvalue weighted by atomic mass is 9.97. The molecule has 1 aliphatic heterocycles. The number of hydrogen-bond acceptors (Lipinski definition) is 3. The van der Waals surface area contributed by atoms with Gasteiger partial charge in [-0.05, 0) is 49.9 Å². The summed E-state index contributed by atoms with van der Waals surface area (Å²) in [6.07, 6.45) is 1.93. The monoisotopic (exact) mass is 386 g/mol. The Morgan fingerprint density at radius 1 is 0.966 bits per heavy atom. The molecule has 1 aliphatic rings. The average molecular weight is 386 g/mol. The van der Waals surface area contributed by atoms with E-state index in [2.05, 4.69) is 4.98 Å². The number of amides is 1. The van der Waals surface area contributed by atoms with Gasteiger partial charge in [0.2, 0.25) is 0 Å². The number of rotatable bonds is 5. The third-order valence-corrected chi connectivity index (χ3v) is 5.52. The number of nitrogens with zero attached hydrogens (tertiary/aromatic N) is 2. The summed E-state index contributed by atoms with van der Waals surface area (Å²) in [6.45, 7) is 4.15. The maximum Gasteiger partial charge on any atom is 0.255 e. The predicted octanol–water partition coefficient (Wildman–Crippen LogP) is 4.99. The number of hydrogen-bond donors (Lipinski definition) is 0. The number of carbonyl (C=O) groups is 1. The molecule has 1 saturated heterocycles. The van der Waals surface area contributed by atoms with E-state index in [1.807, 2.05) is 84.6 Å². The molecule has 0 unspecified atom stereocenters. The smallest absolute Gasteiger partial charge is 0.255 e. The van der Waals surface area contributed by atoms with Crippen LogP contribution in [0.2, 0.25) is 0 Å². The second-order valence-electron chi connectivity index (χ2n) is 7.56. The molecular formula is C25H26N2O2. The van der Waals surface area contributed by atoms with Crippen LogP contribution in [0.1, 0.15) is 28.9 Å². The van der Waals surface area contributed by atoms with Gasteiger partial charge >= 0.3 is 0 Å². The van der Waals surface area contributed by atoms with Gasteiger partial charge in [-0.2, -0.15) is 0 Å². The van der Waals surface area contributed by atoms with Crippen LogP contribution in [0.15, 0.2) is 72.8 Å². The van der Waals surface area contributed by atoms with E-state index >= 15 is 0 Å². The van der Waals surface area contributed by atoms with Crippen LogP contribution in [0.4, 0.5) is 0 Å². The van der Waals surface area contributed by atoms with Crippen LogP contribution < -0.4 is 4.74 Å². The van der Waals surface area contributed by atoms with E-state index < -0.39 is 0 Å². The SMILES string of the molecule is Cc1nc(-c2ccccc2)ccc1C(=O)N1CCC(COc2ccccc2)CC1. The first-order valence-electron chi connectivity index (χ1n) is 10.2. The first-order chi connectivity index (χ1) is 14.2.